The van der Waals surface area contributed by atoms with E-state index >= 15 is 0 Å². The molecule has 1 rings (SSSR count). The second kappa shape index (κ2) is 4.68. The molecule has 0 heterocycles. The first-order valence-electron chi connectivity index (χ1n) is 6.85. The van der Waals surface area contributed by atoms with Crippen LogP contribution in [-0.2, 0) is 0 Å². The summed E-state index contributed by atoms with van der Waals surface area (Å²) in [6.45, 7) is 14.1. The average Bonchev–Trinajstić information content (AvgIpc) is 2.14. The van der Waals surface area contributed by atoms with Crippen LogP contribution in [0, 0.1) is 11.3 Å². The Morgan fingerprint density at radius 3 is 1.56 bits per heavy atom. The van der Waals surface area contributed by atoms with E-state index in [4.69, 9.17) is 0 Å². The van der Waals surface area contributed by atoms with Gasteiger partial charge in [0.2, 0.25) is 0 Å². The maximum atomic E-state index is 2.58. The Labute approximate surface area is 103 Å². The monoisotopic (exact) mass is 225 g/mol. The zero-order chi connectivity index (χ0) is 12.6. The van der Waals surface area contributed by atoms with Crippen LogP contribution in [0.15, 0.2) is 0 Å². The van der Waals surface area contributed by atoms with Crippen molar-refractivity contribution in [2.45, 2.75) is 78.8 Å². The molecular formula is C15H31N. The van der Waals surface area contributed by atoms with Crippen molar-refractivity contribution in [1.82, 2.24) is 4.90 Å². The predicted octanol–water partition coefficient (Wildman–Crippen LogP) is 4.32. The van der Waals surface area contributed by atoms with Crippen molar-refractivity contribution in [2.75, 3.05) is 7.05 Å². The first-order valence-corrected chi connectivity index (χ1v) is 6.85. The van der Waals surface area contributed by atoms with E-state index in [-0.39, 0.29) is 0 Å². The van der Waals surface area contributed by atoms with E-state index in [1.54, 1.807) is 0 Å². The van der Waals surface area contributed by atoms with E-state index in [0.717, 1.165) is 12.0 Å². The van der Waals surface area contributed by atoms with Crippen molar-refractivity contribution in [2.24, 2.45) is 11.3 Å². The Balaban J connectivity index is 2.50. The van der Waals surface area contributed by atoms with Gasteiger partial charge < -0.3 is 0 Å². The topological polar surface area (TPSA) is 3.24 Å². The fourth-order valence-electron chi connectivity index (χ4n) is 2.88. The van der Waals surface area contributed by atoms with Crippen molar-refractivity contribution in [3.05, 3.63) is 0 Å². The van der Waals surface area contributed by atoms with Crippen molar-refractivity contribution in [1.29, 1.82) is 0 Å². The maximum Gasteiger partial charge on any atom is 0.0124 e. The van der Waals surface area contributed by atoms with E-state index in [2.05, 4.69) is 53.5 Å². The highest BCUT2D eigenvalue weighted by atomic mass is 15.2. The third kappa shape index (κ3) is 3.48. The van der Waals surface area contributed by atoms with Crippen LogP contribution in [0.5, 0.6) is 0 Å². The molecule has 96 valence electrons. The summed E-state index contributed by atoms with van der Waals surface area (Å²) in [6.07, 6.45) is 5.59. The van der Waals surface area contributed by atoms with Crippen LogP contribution < -0.4 is 0 Å². The van der Waals surface area contributed by atoms with Crippen LogP contribution in [0.1, 0.15) is 67.2 Å². The summed E-state index contributed by atoms with van der Waals surface area (Å²) in [6, 6.07) is 0.804. The average molecular weight is 225 g/mol. The molecule has 1 heteroatoms. The fraction of sp³-hybridized carbons (Fsp3) is 1.00. The van der Waals surface area contributed by atoms with E-state index in [1.807, 2.05) is 0 Å². The quantitative estimate of drug-likeness (QED) is 0.642. The van der Waals surface area contributed by atoms with Gasteiger partial charge in [-0.1, -0.05) is 20.8 Å². The van der Waals surface area contributed by atoms with Crippen molar-refractivity contribution >= 4 is 0 Å². The third-order valence-electron chi connectivity index (χ3n) is 4.53. The van der Waals surface area contributed by atoms with Gasteiger partial charge in [0, 0.05) is 11.6 Å². The zero-order valence-corrected chi connectivity index (χ0v) is 12.4. The summed E-state index contributed by atoms with van der Waals surface area (Å²) >= 11 is 0. The second-order valence-electron chi connectivity index (χ2n) is 7.65. The molecule has 0 aliphatic heterocycles. The number of hydrogen-bond donors (Lipinski definition) is 0. The number of hydrogen-bond acceptors (Lipinski definition) is 1. The molecule has 0 spiro atoms. The van der Waals surface area contributed by atoms with Gasteiger partial charge in [0.1, 0.15) is 0 Å². The van der Waals surface area contributed by atoms with Gasteiger partial charge >= 0.3 is 0 Å². The van der Waals surface area contributed by atoms with Crippen LogP contribution in [0.25, 0.3) is 0 Å². The lowest BCUT2D eigenvalue weighted by atomic mass is 9.71. The summed E-state index contributed by atoms with van der Waals surface area (Å²) in [5.74, 6) is 0.928. The van der Waals surface area contributed by atoms with E-state index in [1.165, 1.54) is 25.7 Å². The Bertz CT molecular complexity index is 211. The molecule has 1 aliphatic carbocycles. The highest BCUT2D eigenvalue weighted by Gasteiger charge is 2.33. The van der Waals surface area contributed by atoms with Crippen LogP contribution in [0.4, 0.5) is 0 Å². The highest BCUT2D eigenvalue weighted by molar-refractivity contribution is 4.87. The molecule has 0 unspecified atom stereocenters. The fourth-order valence-corrected chi connectivity index (χ4v) is 2.88. The summed E-state index contributed by atoms with van der Waals surface area (Å²) in [7, 11) is 2.29. The molecule has 0 N–H and O–H groups in total. The van der Waals surface area contributed by atoms with Gasteiger partial charge in [-0.2, -0.15) is 0 Å². The highest BCUT2D eigenvalue weighted by Crippen LogP contribution is 2.39. The summed E-state index contributed by atoms with van der Waals surface area (Å²) in [5, 5.41) is 0. The normalized spacial score (nSPS) is 28.5. The summed E-state index contributed by atoms with van der Waals surface area (Å²) in [5.41, 5.74) is 0.824. The van der Waals surface area contributed by atoms with Gasteiger partial charge in [-0.05, 0) is 64.8 Å². The summed E-state index contributed by atoms with van der Waals surface area (Å²) in [4.78, 5) is 2.58. The first-order chi connectivity index (χ1) is 7.12. The molecule has 0 amide bonds. The Kier molecular flexibility index (Phi) is 4.10. The molecule has 0 aromatic rings. The Hall–Kier alpha value is -0.0400. The predicted molar refractivity (Wildman–Crippen MR) is 72.7 cm³/mol. The molecule has 0 atom stereocenters. The molecule has 1 nitrogen and oxygen atoms in total. The Morgan fingerprint density at radius 2 is 1.25 bits per heavy atom. The number of rotatable bonds is 1. The third-order valence-corrected chi connectivity index (χ3v) is 4.53. The molecule has 1 saturated carbocycles. The van der Waals surface area contributed by atoms with Crippen LogP contribution >= 0.6 is 0 Å². The van der Waals surface area contributed by atoms with Crippen LogP contribution in [-0.4, -0.2) is 23.5 Å². The molecule has 0 radical (unpaired) electrons. The minimum Gasteiger partial charge on any atom is -0.299 e. The number of nitrogens with zero attached hydrogens (tertiary/aromatic N) is 1. The first kappa shape index (κ1) is 14.0. The maximum absolute atomic E-state index is 2.58. The van der Waals surface area contributed by atoms with E-state index in [0.29, 0.717) is 11.0 Å². The lowest BCUT2D eigenvalue weighted by Crippen LogP contribution is -2.47. The largest absolute Gasteiger partial charge is 0.299 e. The lowest BCUT2D eigenvalue weighted by Gasteiger charge is -2.44. The lowest BCUT2D eigenvalue weighted by molar-refractivity contribution is 0.0580. The van der Waals surface area contributed by atoms with Gasteiger partial charge in [0.25, 0.3) is 0 Å². The van der Waals surface area contributed by atoms with Crippen LogP contribution in [0.2, 0.25) is 0 Å². The van der Waals surface area contributed by atoms with Gasteiger partial charge in [-0.3, -0.25) is 4.90 Å². The van der Waals surface area contributed by atoms with Gasteiger partial charge in [-0.25, -0.2) is 0 Å². The Morgan fingerprint density at radius 1 is 0.812 bits per heavy atom. The van der Waals surface area contributed by atoms with Crippen molar-refractivity contribution < 1.29 is 0 Å². The summed E-state index contributed by atoms with van der Waals surface area (Å²) < 4.78 is 0. The molecule has 0 aromatic carbocycles. The molecule has 0 saturated heterocycles. The van der Waals surface area contributed by atoms with Gasteiger partial charge in [-0.15, -0.1) is 0 Å². The molecule has 0 bridgehead atoms. The van der Waals surface area contributed by atoms with Gasteiger partial charge in [0.05, 0.1) is 0 Å². The molecule has 0 aromatic heterocycles. The SMILES string of the molecule is CN(C1CCC(C(C)(C)C)CC1)C(C)(C)C. The molecule has 16 heavy (non-hydrogen) atoms. The zero-order valence-electron chi connectivity index (χ0n) is 12.4. The minimum atomic E-state index is 0.319. The molecule has 1 fully saturated rings. The van der Waals surface area contributed by atoms with Crippen molar-refractivity contribution in [3.63, 3.8) is 0 Å². The smallest absolute Gasteiger partial charge is 0.0124 e. The van der Waals surface area contributed by atoms with Crippen LogP contribution in [0.3, 0.4) is 0 Å². The molecular weight excluding hydrogens is 194 g/mol. The standard InChI is InChI=1S/C15H31N/c1-14(2,3)12-8-10-13(11-9-12)16(7)15(4,5)6/h12-13H,8-11H2,1-7H3. The minimum absolute atomic E-state index is 0.319. The van der Waals surface area contributed by atoms with Crippen molar-refractivity contribution in [3.8, 4) is 0 Å². The molecule has 1 aliphatic rings. The van der Waals surface area contributed by atoms with Gasteiger partial charge in [0.15, 0.2) is 0 Å². The van der Waals surface area contributed by atoms with E-state index in [9.17, 15) is 0 Å². The van der Waals surface area contributed by atoms with E-state index < -0.39 is 0 Å². The second-order valence-corrected chi connectivity index (χ2v) is 7.65.